The third-order valence-electron chi connectivity index (χ3n) is 14.2. The first-order valence-corrected chi connectivity index (χ1v) is 22.7. The molecule has 2 bridgehead atoms. The van der Waals surface area contributed by atoms with Gasteiger partial charge in [0.15, 0.2) is 18.2 Å². The fraction of sp³-hybridized carbons (Fsp3) is 0.673. The molecule has 5 aliphatic heterocycles. The van der Waals surface area contributed by atoms with E-state index in [1.807, 2.05) is 51.1 Å². The molecule has 16 atom stereocenters. The number of amides is 1. The van der Waals surface area contributed by atoms with E-state index >= 15 is 0 Å². The average Bonchev–Trinajstić information content (AvgIpc) is 3.57. The van der Waals surface area contributed by atoms with Gasteiger partial charge in [0.05, 0.1) is 31.0 Å². The lowest BCUT2D eigenvalue weighted by atomic mass is 9.71. The Morgan fingerprint density at radius 2 is 1.87 bits per heavy atom. The number of anilines is 1. The lowest BCUT2D eigenvalue weighted by molar-refractivity contribution is -0.340. The van der Waals surface area contributed by atoms with Crippen molar-refractivity contribution in [1.29, 1.82) is 0 Å². The molecule has 1 aromatic rings. The van der Waals surface area contributed by atoms with Crippen LogP contribution in [0.5, 0.6) is 0 Å². The maximum absolute atomic E-state index is 14.4. The van der Waals surface area contributed by atoms with Crippen molar-refractivity contribution in [3.05, 3.63) is 76.9 Å². The maximum atomic E-state index is 14.4. The highest BCUT2D eigenvalue weighted by Crippen LogP contribution is 2.48. The third kappa shape index (κ3) is 9.80. The van der Waals surface area contributed by atoms with E-state index in [1.165, 1.54) is 0 Å². The summed E-state index contributed by atoms with van der Waals surface area (Å²) in [5.74, 6) is -2.15. The molecule has 5 heterocycles. The van der Waals surface area contributed by atoms with Crippen LogP contribution in [0.4, 0.5) is 10.5 Å². The Balaban J connectivity index is 1.17. The summed E-state index contributed by atoms with van der Waals surface area (Å²) in [5.41, 5.74) is 1.78. The Bertz CT molecular complexity index is 1890. The molecule has 1 aromatic carbocycles. The number of hydrogen-bond acceptors (Lipinski definition) is 12. The molecular formula is C49H69NO12. The number of allylic oxidation sites excluding steroid dienone is 2. The highest BCUT2D eigenvalue weighted by Gasteiger charge is 2.60. The van der Waals surface area contributed by atoms with Gasteiger partial charge in [-0.05, 0) is 86.8 Å². The molecule has 1 amide bonds. The number of carbonyl (C=O) groups is 2. The van der Waals surface area contributed by atoms with Gasteiger partial charge in [0, 0.05) is 44.4 Å². The average molecular weight is 864 g/mol. The van der Waals surface area contributed by atoms with Crippen LogP contribution >= 0.6 is 0 Å². The number of ether oxygens (including phenoxy) is 8. The molecule has 6 aliphatic rings. The van der Waals surface area contributed by atoms with Crippen molar-refractivity contribution in [3.63, 3.8) is 0 Å². The van der Waals surface area contributed by atoms with Crippen LogP contribution in [0.2, 0.25) is 0 Å². The van der Waals surface area contributed by atoms with E-state index < -0.39 is 78.4 Å². The van der Waals surface area contributed by atoms with Gasteiger partial charge in [-0.1, -0.05) is 76.6 Å². The summed E-state index contributed by atoms with van der Waals surface area (Å²) in [6.07, 6.45) is 7.00. The molecule has 0 aromatic heterocycles. The fourth-order valence-electron chi connectivity index (χ4n) is 10.4. The Labute approximate surface area is 367 Å². The van der Waals surface area contributed by atoms with Crippen molar-refractivity contribution >= 4 is 17.7 Å². The van der Waals surface area contributed by atoms with E-state index in [0.29, 0.717) is 60.8 Å². The Kier molecular flexibility index (Phi) is 14.6. The predicted octanol–water partition coefficient (Wildman–Crippen LogP) is 7.63. The third-order valence-corrected chi connectivity index (χ3v) is 14.2. The fourth-order valence-corrected chi connectivity index (χ4v) is 10.4. The Morgan fingerprint density at radius 3 is 2.61 bits per heavy atom. The van der Waals surface area contributed by atoms with Gasteiger partial charge < -0.3 is 48.1 Å². The first kappa shape index (κ1) is 46.6. The predicted molar refractivity (Wildman–Crippen MR) is 232 cm³/mol. The van der Waals surface area contributed by atoms with Gasteiger partial charge in [0.1, 0.15) is 35.9 Å². The van der Waals surface area contributed by atoms with E-state index in [2.05, 4.69) is 39.1 Å². The number of aryl methyl sites for hydroxylation is 1. The smallest absolute Gasteiger partial charge is 0.412 e. The number of rotatable bonds is 7. The highest BCUT2D eigenvalue weighted by molar-refractivity contribution is 5.84. The molecule has 1 spiro atoms. The quantitative estimate of drug-likeness (QED) is 0.182. The summed E-state index contributed by atoms with van der Waals surface area (Å²) in [4.78, 5) is 27.4. The zero-order chi connectivity index (χ0) is 44.5. The van der Waals surface area contributed by atoms with Crippen molar-refractivity contribution in [2.45, 2.75) is 173 Å². The summed E-state index contributed by atoms with van der Waals surface area (Å²) < 4.78 is 51.5. The number of aliphatic hydroxyl groups excluding tert-OH is 1. The van der Waals surface area contributed by atoms with E-state index in [1.54, 1.807) is 32.3 Å². The molecule has 4 fully saturated rings. The summed E-state index contributed by atoms with van der Waals surface area (Å²) in [6.45, 7) is 16.3. The molecule has 13 heteroatoms. The highest BCUT2D eigenvalue weighted by atomic mass is 16.7. The first-order valence-electron chi connectivity index (χ1n) is 22.7. The van der Waals surface area contributed by atoms with Gasteiger partial charge in [-0.2, -0.15) is 0 Å². The topological polar surface area (TPSA) is 160 Å². The maximum Gasteiger partial charge on any atom is 0.412 e. The van der Waals surface area contributed by atoms with E-state index in [9.17, 15) is 19.8 Å². The standard InChI is InChI=1S/C49H69NO12/c1-10-28(3)43-31(6)19-20-48(62-43)25-37-23-36(61-48)18-17-30(5)42(29(4)14-12-15-34-26-56-45-41(51)32(7)22-38(46(52)58-37)49(34,45)54)59-40-24-39(55-9)44(33(8)57-40)60-47(53)50-35-16-11-13-27(2)21-35/h11-17,21-22,28-29,31,33,36-45,51,54H,10,18-20,23-26H2,1-9H3,(H,50,53)/b14-12+,30-17+,34-15+/t28?,29-,31-,33-,36+,37-,38-,39-,40-,41+,42-,43+,44-,45+,48+,49+/m0/s1. The van der Waals surface area contributed by atoms with Gasteiger partial charge in [0.25, 0.3) is 0 Å². The lowest BCUT2D eigenvalue weighted by Crippen LogP contribution is -2.58. The van der Waals surface area contributed by atoms with Crippen LogP contribution in [0, 0.1) is 30.6 Å². The first-order chi connectivity index (χ1) is 29.5. The van der Waals surface area contributed by atoms with Crippen molar-refractivity contribution in [2.75, 3.05) is 19.0 Å². The van der Waals surface area contributed by atoms with Gasteiger partial charge in [-0.25, -0.2) is 4.79 Å². The monoisotopic (exact) mass is 863 g/mol. The normalized spacial score (nSPS) is 42.9. The zero-order valence-electron chi connectivity index (χ0n) is 37.9. The van der Waals surface area contributed by atoms with Crippen LogP contribution in [-0.2, 0) is 42.7 Å². The number of aliphatic hydroxyl groups is 2. The number of benzene rings is 1. The number of carbonyl (C=O) groups excluding carboxylic acids is 2. The second-order valence-corrected chi connectivity index (χ2v) is 18.8. The second-order valence-electron chi connectivity index (χ2n) is 18.8. The molecule has 62 heavy (non-hydrogen) atoms. The van der Waals surface area contributed by atoms with Crippen LogP contribution < -0.4 is 5.32 Å². The van der Waals surface area contributed by atoms with Crippen LogP contribution in [0.3, 0.4) is 0 Å². The van der Waals surface area contributed by atoms with Crippen molar-refractivity contribution < 1.29 is 57.7 Å². The minimum absolute atomic E-state index is 0.0130. The SMILES string of the molecule is CCC(C)[C@H]1O[C@]2(CC[C@@H]1C)C[C@@H]1C[C@@H](C/C=C(\C)[C@@H](O[C@H]3C[C@H](OC)[C@@H](OC(=O)Nc4cccc(C)c4)[C@H](C)O3)[C@@H](C)/C=C/C=C3\CO[C@@H]4[C@H](O)C(C)=C[C@@H](C(=O)O1)[C@]34O)O2. The van der Waals surface area contributed by atoms with Gasteiger partial charge >= 0.3 is 12.1 Å². The van der Waals surface area contributed by atoms with Gasteiger partial charge in [0.2, 0.25) is 0 Å². The van der Waals surface area contributed by atoms with Gasteiger partial charge in [-0.3, -0.25) is 10.1 Å². The van der Waals surface area contributed by atoms with E-state index in [4.69, 9.17) is 37.9 Å². The number of nitrogens with one attached hydrogen (secondary N) is 1. The van der Waals surface area contributed by atoms with Crippen molar-refractivity contribution in [3.8, 4) is 0 Å². The molecule has 0 saturated carbocycles. The summed E-state index contributed by atoms with van der Waals surface area (Å²) in [7, 11) is 1.59. The van der Waals surface area contributed by atoms with Crippen molar-refractivity contribution in [1.82, 2.24) is 0 Å². The Morgan fingerprint density at radius 1 is 1.08 bits per heavy atom. The molecule has 1 aliphatic carbocycles. The number of esters is 1. The number of methoxy groups -OCH3 is 1. The number of hydrogen-bond donors (Lipinski definition) is 3. The minimum atomic E-state index is -1.83. The summed E-state index contributed by atoms with van der Waals surface area (Å²) >= 11 is 0. The zero-order valence-corrected chi connectivity index (χ0v) is 37.9. The minimum Gasteiger partial charge on any atom is -0.462 e. The Hall–Kier alpha value is -3.40. The van der Waals surface area contributed by atoms with Crippen LogP contribution in [0.25, 0.3) is 0 Å². The number of fused-ring (bicyclic) bond motifs is 2. The molecule has 0 radical (unpaired) electrons. The molecule has 1 unspecified atom stereocenters. The second kappa shape index (κ2) is 19.4. The largest absolute Gasteiger partial charge is 0.462 e. The van der Waals surface area contributed by atoms with E-state index in [0.717, 1.165) is 24.0 Å². The van der Waals surface area contributed by atoms with Gasteiger partial charge in [-0.15, -0.1) is 0 Å². The molecule has 342 valence electrons. The summed E-state index contributed by atoms with van der Waals surface area (Å²) in [6, 6.07) is 7.49. The molecule has 7 rings (SSSR count). The molecule has 3 N–H and O–H groups in total. The van der Waals surface area contributed by atoms with Crippen LogP contribution in [-0.4, -0.2) is 109 Å². The molecule has 13 nitrogen and oxygen atoms in total. The molecule has 4 saturated heterocycles. The summed E-state index contributed by atoms with van der Waals surface area (Å²) in [5, 5.41) is 26.5. The van der Waals surface area contributed by atoms with Crippen molar-refractivity contribution in [2.24, 2.45) is 23.7 Å². The lowest BCUT2D eigenvalue weighted by Gasteiger charge is -2.51. The van der Waals surface area contributed by atoms with Crippen LogP contribution in [0.1, 0.15) is 99.0 Å². The van der Waals surface area contributed by atoms with Crippen LogP contribution in [0.15, 0.2) is 71.4 Å². The van der Waals surface area contributed by atoms with E-state index in [-0.39, 0.29) is 24.7 Å². The molecular weight excluding hydrogens is 795 g/mol.